The minimum atomic E-state index is 0.880. The lowest BCUT2D eigenvalue weighted by Crippen LogP contribution is -2.36. The summed E-state index contributed by atoms with van der Waals surface area (Å²) in [6.07, 6.45) is 0. The molecule has 0 spiro atoms. The van der Waals surface area contributed by atoms with Crippen molar-refractivity contribution in [3.05, 3.63) is 218 Å². The first kappa shape index (κ1) is 34.2. The SMILES string of the molecule is c1ccc(-n2c3ccccc3c3cc(-c4ccc(N5CCN(c6ccc(-c7ccc8c(c7)c7ccccc7n8-c7ccccc7)cc6)c6ccccc65)cc4)ccc32)cc1. The summed E-state index contributed by atoms with van der Waals surface area (Å²) in [6.45, 7) is 1.76. The monoisotopic (exact) mass is 768 g/mol. The van der Waals surface area contributed by atoms with Gasteiger partial charge < -0.3 is 18.9 Å². The Morgan fingerprint density at radius 1 is 0.250 bits per heavy atom. The second kappa shape index (κ2) is 13.9. The molecule has 0 saturated heterocycles. The predicted molar refractivity (Wildman–Crippen MR) is 253 cm³/mol. The molecule has 1 aliphatic rings. The average Bonchev–Trinajstić information content (AvgIpc) is 3.84. The van der Waals surface area contributed by atoms with E-state index in [0.717, 1.165) is 13.1 Å². The zero-order valence-corrected chi connectivity index (χ0v) is 33.0. The Kier molecular flexibility index (Phi) is 7.95. The fourth-order valence-electron chi connectivity index (χ4n) is 9.58. The molecular formula is C56H40N4. The van der Waals surface area contributed by atoms with Crippen LogP contribution in [-0.2, 0) is 0 Å². The molecular weight excluding hydrogens is 729 g/mol. The van der Waals surface area contributed by atoms with Crippen molar-refractivity contribution in [1.82, 2.24) is 9.13 Å². The van der Waals surface area contributed by atoms with Crippen LogP contribution in [0.4, 0.5) is 22.7 Å². The van der Waals surface area contributed by atoms with Crippen molar-refractivity contribution in [3.63, 3.8) is 0 Å². The van der Waals surface area contributed by atoms with Crippen molar-refractivity contribution in [2.45, 2.75) is 0 Å². The van der Waals surface area contributed by atoms with Gasteiger partial charge in [-0.2, -0.15) is 0 Å². The second-order valence-electron chi connectivity index (χ2n) is 15.7. The lowest BCUT2D eigenvalue weighted by atomic mass is 10.0. The third-order valence-electron chi connectivity index (χ3n) is 12.4. The minimum Gasteiger partial charge on any atom is -0.338 e. The number of benzene rings is 9. The molecule has 9 aromatic carbocycles. The van der Waals surface area contributed by atoms with Crippen LogP contribution in [0, 0.1) is 0 Å². The van der Waals surface area contributed by atoms with Gasteiger partial charge in [0.15, 0.2) is 0 Å². The van der Waals surface area contributed by atoms with Crippen LogP contribution in [-0.4, -0.2) is 22.2 Å². The largest absolute Gasteiger partial charge is 0.338 e. The molecule has 2 aromatic heterocycles. The number of para-hydroxylation sites is 6. The molecule has 0 N–H and O–H groups in total. The van der Waals surface area contributed by atoms with E-state index in [0.29, 0.717) is 0 Å². The van der Waals surface area contributed by atoms with E-state index >= 15 is 0 Å². The molecule has 60 heavy (non-hydrogen) atoms. The van der Waals surface area contributed by atoms with Crippen molar-refractivity contribution in [2.24, 2.45) is 0 Å². The van der Waals surface area contributed by atoms with Gasteiger partial charge in [0.1, 0.15) is 0 Å². The first-order chi connectivity index (χ1) is 29.8. The van der Waals surface area contributed by atoms with Gasteiger partial charge in [0.25, 0.3) is 0 Å². The summed E-state index contributed by atoms with van der Waals surface area (Å²) in [4.78, 5) is 4.92. The van der Waals surface area contributed by atoms with E-state index in [2.05, 4.69) is 237 Å². The van der Waals surface area contributed by atoms with E-state index in [1.807, 2.05) is 0 Å². The zero-order valence-electron chi connectivity index (χ0n) is 33.0. The van der Waals surface area contributed by atoms with E-state index in [1.165, 1.54) is 100.0 Å². The van der Waals surface area contributed by atoms with Gasteiger partial charge in [0.2, 0.25) is 0 Å². The molecule has 3 heterocycles. The van der Waals surface area contributed by atoms with Gasteiger partial charge in [-0.15, -0.1) is 0 Å². The first-order valence-electron chi connectivity index (χ1n) is 20.8. The Bertz CT molecular complexity index is 3130. The van der Waals surface area contributed by atoms with E-state index < -0.39 is 0 Å². The molecule has 0 atom stereocenters. The Hall–Kier alpha value is -7.82. The number of aromatic nitrogens is 2. The Morgan fingerprint density at radius 2 is 0.600 bits per heavy atom. The summed E-state index contributed by atoms with van der Waals surface area (Å²) in [5.74, 6) is 0. The highest BCUT2D eigenvalue weighted by Crippen LogP contribution is 2.43. The molecule has 4 heteroatoms. The molecule has 284 valence electrons. The minimum absolute atomic E-state index is 0.880. The van der Waals surface area contributed by atoms with Crippen molar-refractivity contribution < 1.29 is 0 Å². The van der Waals surface area contributed by atoms with Gasteiger partial charge in [-0.3, -0.25) is 0 Å². The molecule has 12 rings (SSSR count). The summed E-state index contributed by atoms with van der Waals surface area (Å²) in [5.41, 5.74) is 16.9. The smallest absolute Gasteiger partial charge is 0.0652 e. The van der Waals surface area contributed by atoms with Crippen LogP contribution in [0.15, 0.2) is 218 Å². The van der Waals surface area contributed by atoms with Crippen LogP contribution in [0.25, 0.3) is 77.2 Å². The Balaban J connectivity index is 0.828. The number of fused-ring (bicyclic) bond motifs is 7. The maximum atomic E-state index is 2.46. The molecule has 0 unspecified atom stereocenters. The summed E-state index contributed by atoms with van der Waals surface area (Å²) in [6, 6.07) is 79.6. The van der Waals surface area contributed by atoms with Crippen LogP contribution in [0.3, 0.4) is 0 Å². The van der Waals surface area contributed by atoms with Gasteiger partial charge in [-0.05, 0) is 119 Å². The quantitative estimate of drug-likeness (QED) is 0.167. The van der Waals surface area contributed by atoms with E-state index in [4.69, 9.17) is 0 Å². The Labute approximate surface area is 349 Å². The molecule has 4 nitrogen and oxygen atoms in total. The van der Waals surface area contributed by atoms with Crippen LogP contribution in [0.1, 0.15) is 0 Å². The zero-order chi connectivity index (χ0) is 39.6. The molecule has 0 bridgehead atoms. The molecule has 1 aliphatic heterocycles. The van der Waals surface area contributed by atoms with Gasteiger partial charge >= 0.3 is 0 Å². The number of rotatable bonds is 6. The van der Waals surface area contributed by atoms with Gasteiger partial charge in [0, 0.05) is 57.4 Å². The third kappa shape index (κ3) is 5.53. The number of anilines is 4. The van der Waals surface area contributed by atoms with Crippen molar-refractivity contribution >= 4 is 66.4 Å². The van der Waals surface area contributed by atoms with Gasteiger partial charge in [-0.25, -0.2) is 0 Å². The molecule has 0 radical (unpaired) electrons. The normalized spacial score (nSPS) is 12.8. The summed E-state index contributed by atoms with van der Waals surface area (Å²) < 4.78 is 4.74. The van der Waals surface area contributed by atoms with E-state index in [-0.39, 0.29) is 0 Å². The average molecular weight is 769 g/mol. The number of hydrogen-bond acceptors (Lipinski definition) is 2. The highest BCUT2D eigenvalue weighted by atomic mass is 15.3. The maximum Gasteiger partial charge on any atom is 0.0652 e. The van der Waals surface area contributed by atoms with Gasteiger partial charge in [0.05, 0.1) is 33.4 Å². The summed E-state index contributed by atoms with van der Waals surface area (Å²) in [5, 5.41) is 5.07. The van der Waals surface area contributed by atoms with Crippen molar-refractivity contribution in [3.8, 4) is 33.6 Å². The number of nitrogens with zero attached hydrogens (tertiary/aromatic N) is 4. The number of hydrogen-bond donors (Lipinski definition) is 0. The van der Waals surface area contributed by atoms with Crippen molar-refractivity contribution in [2.75, 3.05) is 22.9 Å². The molecule has 0 saturated carbocycles. The molecule has 0 aliphatic carbocycles. The highest BCUT2D eigenvalue weighted by molar-refractivity contribution is 6.11. The lowest BCUT2D eigenvalue weighted by molar-refractivity contribution is 0.850. The summed E-state index contributed by atoms with van der Waals surface area (Å²) in [7, 11) is 0. The first-order valence-corrected chi connectivity index (χ1v) is 20.8. The lowest BCUT2D eigenvalue weighted by Gasteiger charge is -2.39. The summed E-state index contributed by atoms with van der Waals surface area (Å²) >= 11 is 0. The van der Waals surface area contributed by atoms with Crippen molar-refractivity contribution in [1.29, 1.82) is 0 Å². The van der Waals surface area contributed by atoms with E-state index in [9.17, 15) is 0 Å². The van der Waals surface area contributed by atoms with Crippen LogP contribution < -0.4 is 9.80 Å². The Morgan fingerprint density at radius 3 is 1.03 bits per heavy atom. The molecule has 0 fully saturated rings. The van der Waals surface area contributed by atoms with E-state index in [1.54, 1.807) is 0 Å². The van der Waals surface area contributed by atoms with Gasteiger partial charge in [-0.1, -0.05) is 121 Å². The fourth-order valence-corrected chi connectivity index (χ4v) is 9.58. The maximum absolute atomic E-state index is 2.46. The third-order valence-corrected chi connectivity index (χ3v) is 12.4. The van der Waals surface area contributed by atoms with Crippen LogP contribution >= 0.6 is 0 Å². The molecule has 11 aromatic rings. The topological polar surface area (TPSA) is 16.3 Å². The molecule has 0 amide bonds. The highest BCUT2D eigenvalue weighted by Gasteiger charge is 2.25. The second-order valence-corrected chi connectivity index (χ2v) is 15.7. The fraction of sp³-hybridized carbons (Fsp3) is 0.0357. The van der Waals surface area contributed by atoms with Crippen LogP contribution in [0.5, 0.6) is 0 Å². The van der Waals surface area contributed by atoms with Crippen LogP contribution in [0.2, 0.25) is 0 Å². The standard InChI is InChI=1S/C56H40N4/c1-3-13-45(14-4-1)59-51-19-9-7-17-47(51)49-37-41(27-33-53(49)59)39-23-29-43(30-24-39)57-35-36-58(56-22-12-11-21-55(56)57)44-31-25-40(26-32-44)42-28-34-54-50(38-42)48-18-8-10-20-52(48)60(54)46-15-5-2-6-16-46/h1-34,37-38H,35-36H2. The predicted octanol–water partition coefficient (Wildman–Crippen LogP) is 14.5.